The third-order valence-corrected chi connectivity index (χ3v) is 4.66. The maximum atomic E-state index is 11.5. The summed E-state index contributed by atoms with van der Waals surface area (Å²) in [5, 5.41) is 3.44. The number of esters is 1. The molecule has 0 radical (unpaired) electrons. The number of carbonyl (C=O) groups is 1. The lowest BCUT2D eigenvalue weighted by Gasteiger charge is -2.05. The van der Waals surface area contributed by atoms with Gasteiger partial charge in [0, 0.05) is 12.3 Å². The van der Waals surface area contributed by atoms with Crippen molar-refractivity contribution in [2.24, 2.45) is 0 Å². The SMILES string of the molecule is CCOC(=O)c1ncsc1NCCS(=O)(=O)CC. The first-order valence-electron chi connectivity index (χ1n) is 5.55. The Morgan fingerprint density at radius 3 is 2.83 bits per heavy atom. The maximum absolute atomic E-state index is 11.5. The first-order valence-corrected chi connectivity index (χ1v) is 8.25. The minimum Gasteiger partial charge on any atom is -0.461 e. The Labute approximate surface area is 110 Å². The third kappa shape index (κ3) is 4.26. The van der Waals surface area contributed by atoms with Crippen LogP contribution in [0, 0.1) is 0 Å². The topological polar surface area (TPSA) is 85.4 Å². The zero-order valence-electron chi connectivity index (χ0n) is 10.3. The van der Waals surface area contributed by atoms with E-state index in [0.717, 1.165) is 0 Å². The summed E-state index contributed by atoms with van der Waals surface area (Å²) in [6, 6.07) is 0. The van der Waals surface area contributed by atoms with Gasteiger partial charge in [-0.25, -0.2) is 18.2 Å². The highest BCUT2D eigenvalue weighted by Crippen LogP contribution is 2.20. The van der Waals surface area contributed by atoms with E-state index in [4.69, 9.17) is 4.74 Å². The van der Waals surface area contributed by atoms with Crippen molar-refractivity contribution >= 4 is 32.1 Å². The Balaban J connectivity index is 2.58. The summed E-state index contributed by atoms with van der Waals surface area (Å²) in [4.78, 5) is 15.4. The van der Waals surface area contributed by atoms with E-state index < -0.39 is 15.8 Å². The predicted octanol–water partition coefficient (Wildman–Crippen LogP) is 1.17. The van der Waals surface area contributed by atoms with E-state index in [1.54, 1.807) is 13.8 Å². The molecular weight excluding hydrogens is 276 g/mol. The third-order valence-electron chi connectivity index (χ3n) is 2.17. The first kappa shape index (κ1) is 14.9. The van der Waals surface area contributed by atoms with Gasteiger partial charge in [0.25, 0.3) is 0 Å². The van der Waals surface area contributed by atoms with Crippen molar-refractivity contribution < 1.29 is 17.9 Å². The molecule has 8 heteroatoms. The van der Waals surface area contributed by atoms with Crippen LogP contribution in [0.25, 0.3) is 0 Å². The predicted molar refractivity (Wildman–Crippen MR) is 70.9 cm³/mol. The molecule has 0 aliphatic heterocycles. The molecule has 0 aromatic carbocycles. The zero-order chi connectivity index (χ0) is 13.6. The number of thiazole rings is 1. The molecule has 102 valence electrons. The Kier molecular flexibility index (Phi) is 5.54. The lowest BCUT2D eigenvalue weighted by Crippen LogP contribution is -2.18. The molecule has 0 fully saturated rings. The van der Waals surface area contributed by atoms with Gasteiger partial charge in [0.2, 0.25) is 0 Å². The van der Waals surface area contributed by atoms with Gasteiger partial charge in [0.1, 0.15) is 5.00 Å². The number of hydrogen-bond acceptors (Lipinski definition) is 7. The lowest BCUT2D eigenvalue weighted by molar-refractivity contribution is 0.0521. The summed E-state index contributed by atoms with van der Waals surface area (Å²) in [6.45, 7) is 3.85. The van der Waals surface area contributed by atoms with Crippen molar-refractivity contribution in [3.63, 3.8) is 0 Å². The molecule has 0 bridgehead atoms. The minimum atomic E-state index is -3.01. The second-order valence-corrected chi connectivity index (χ2v) is 6.74. The van der Waals surface area contributed by atoms with Gasteiger partial charge in [-0.15, -0.1) is 11.3 Å². The van der Waals surface area contributed by atoms with E-state index in [1.165, 1.54) is 16.8 Å². The number of nitrogens with one attached hydrogen (secondary N) is 1. The van der Waals surface area contributed by atoms with E-state index in [0.29, 0.717) is 5.00 Å². The van der Waals surface area contributed by atoms with Crippen LogP contribution in [0.2, 0.25) is 0 Å². The number of aromatic nitrogens is 1. The molecule has 0 spiro atoms. The molecule has 1 aromatic rings. The molecule has 6 nitrogen and oxygen atoms in total. The number of hydrogen-bond donors (Lipinski definition) is 1. The van der Waals surface area contributed by atoms with Crippen molar-refractivity contribution in [3.8, 4) is 0 Å². The van der Waals surface area contributed by atoms with Gasteiger partial charge in [-0.05, 0) is 6.92 Å². The second-order valence-electron chi connectivity index (χ2n) is 3.41. The summed E-state index contributed by atoms with van der Waals surface area (Å²) < 4.78 is 27.5. The standard InChI is InChI=1S/C10H16N2O4S2/c1-3-16-10(13)8-9(17-7-12-8)11-5-6-18(14,15)4-2/h7,11H,3-6H2,1-2H3. The normalized spacial score (nSPS) is 11.2. The van der Waals surface area contributed by atoms with Crippen LogP contribution < -0.4 is 5.32 Å². The second kappa shape index (κ2) is 6.69. The van der Waals surface area contributed by atoms with E-state index in [1.807, 2.05) is 0 Å². The quantitative estimate of drug-likeness (QED) is 0.759. The van der Waals surface area contributed by atoms with E-state index in [2.05, 4.69) is 10.3 Å². The molecule has 0 saturated carbocycles. The molecule has 1 rings (SSSR count). The number of carbonyl (C=O) groups excluding carboxylic acids is 1. The molecule has 18 heavy (non-hydrogen) atoms. The summed E-state index contributed by atoms with van der Waals surface area (Å²) in [7, 11) is -3.01. The van der Waals surface area contributed by atoms with Crippen LogP contribution in [0.4, 0.5) is 5.00 Å². The van der Waals surface area contributed by atoms with Gasteiger partial charge in [0.05, 0.1) is 17.9 Å². The number of ether oxygens (including phenoxy) is 1. The van der Waals surface area contributed by atoms with Crippen molar-refractivity contribution in [1.29, 1.82) is 0 Å². The zero-order valence-corrected chi connectivity index (χ0v) is 11.9. The van der Waals surface area contributed by atoms with Crippen LogP contribution in [-0.2, 0) is 14.6 Å². The first-order chi connectivity index (χ1) is 8.50. The van der Waals surface area contributed by atoms with Crippen LogP contribution >= 0.6 is 11.3 Å². The smallest absolute Gasteiger partial charge is 0.360 e. The molecule has 0 aliphatic rings. The highest BCUT2D eigenvalue weighted by Gasteiger charge is 2.16. The largest absolute Gasteiger partial charge is 0.461 e. The van der Waals surface area contributed by atoms with Gasteiger partial charge in [-0.2, -0.15) is 0 Å². The lowest BCUT2D eigenvalue weighted by atomic mass is 10.4. The molecule has 0 amide bonds. The fourth-order valence-corrected chi connectivity index (χ4v) is 2.58. The molecule has 1 heterocycles. The van der Waals surface area contributed by atoms with Crippen LogP contribution in [0.1, 0.15) is 24.3 Å². The van der Waals surface area contributed by atoms with Gasteiger partial charge >= 0.3 is 5.97 Å². The Hall–Kier alpha value is -1.15. The summed E-state index contributed by atoms with van der Waals surface area (Å²) in [5.74, 6) is -0.356. The van der Waals surface area contributed by atoms with Crippen LogP contribution in [0.3, 0.4) is 0 Å². The van der Waals surface area contributed by atoms with Gasteiger partial charge in [-0.1, -0.05) is 6.92 Å². The van der Waals surface area contributed by atoms with Crippen LogP contribution in [-0.4, -0.2) is 44.0 Å². The number of sulfone groups is 1. The van der Waals surface area contributed by atoms with Crippen molar-refractivity contribution in [1.82, 2.24) is 4.98 Å². The maximum Gasteiger partial charge on any atom is 0.360 e. The molecule has 0 saturated heterocycles. The average Bonchev–Trinajstić information content (AvgIpc) is 2.77. The Bertz CT molecular complexity index is 496. The van der Waals surface area contributed by atoms with E-state index >= 15 is 0 Å². The van der Waals surface area contributed by atoms with E-state index in [9.17, 15) is 13.2 Å². The van der Waals surface area contributed by atoms with Gasteiger partial charge < -0.3 is 10.1 Å². The van der Waals surface area contributed by atoms with Crippen molar-refractivity contribution in [2.75, 3.05) is 30.0 Å². The summed E-state index contributed by atoms with van der Waals surface area (Å²) in [5.41, 5.74) is 1.72. The van der Waals surface area contributed by atoms with Gasteiger partial charge in [-0.3, -0.25) is 0 Å². The fraction of sp³-hybridized carbons (Fsp3) is 0.600. The van der Waals surface area contributed by atoms with Crippen molar-refractivity contribution in [2.45, 2.75) is 13.8 Å². The average molecular weight is 292 g/mol. The molecule has 1 N–H and O–H groups in total. The Morgan fingerprint density at radius 1 is 1.50 bits per heavy atom. The molecular formula is C10H16N2O4S2. The number of nitrogens with zero attached hydrogens (tertiary/aromatic N) is 1. The molecule has 0 atom stereocenters. The summed E-state index contributed by atoms with van der Waals surface area (Å²) in [6.07, 6.45) is 0. The molecule has 0 unspecified atom stereocenters. The van der Waals surface area contributed by atoms with Crippen molar-refractivity contribution in [3.05, 3.63) is 11.2 Å². The highest BCUT2D eigenvalue weighted by atomic mass is 32.2. The number of rotatable bonds is 7. The van der Waals surface area contributed by atoms with Crippen LogP contribution in [0.5, 0.6) is 0 Å². The monoisotopic (exact) mass is 292 g/mol. The van der Waals surface area contributed by atoms with Gasteiger partial charge in [0.15, 0.2) is 15.5 Å². The molecule has 0 aliphatic carbocycles. The van der Waals surface area contributed by atoms with Crippen LogP contribution in [0.15, 0.2) is 5.51 Å². The molecule has 1 aromatic heterocycles. The number of anilines is 1. The summed E-state index contributed by atoms with van der Waals surface area (Å²) >= 11 is 1.24. The Morgan fingerprint density at radius 2 is 2.22 bits per heavy atom. The fourth-order valence-electron chi connectivity index (χ4n) is 1.18. The van der Waals surface area contributed by atoms with E-state index in [-0.39, 0.29) is 30.4 Å². The highest BCUT2D eigenvalue weighted by molar-refractivity contribution is 7.91. The minimum absolute atomic E-state index is 0.0314.